The molecule has 0 nitrogen and oxygen atoms in total. The first-order chi connectivity index (χ1) is 50.8. The summed E-state index contributed by atoms with van der Waals surface area (Å²) in [5.41, 5.74) is 35.9. The van der Waals surface area contributed by atoms with Crippen molar-refractivity contribution >= 4 is 0 Å². The summed E-state index contributed by atoms with van der Waals surface area (Å²) in [6.07, 6.45) is 24.5. The van der Waals surface area contributed by atoms with E-state index in [0.29, 0.717) is 47.3 Å². The molecular formula is C104H102. The molecule has 518 valence electrons. The Morgan fingerprint density at radius 2 is 0.731 bits per heavy atom. The van der Waals surface area contributed by atoms with E-state index in [0.717, 1.165) is 29.6 Å². The molecule has 9 aliphatic rings. The van der Waals surface area contributed by atoms with E-state index in [2.05, 4.69) is 302 Å². The Labute approximate surface area is 620 Å². The lowest BCUT2D eigenvalue weighted by molar-refractivity contribution is 0.0478. The van der Waals surface area contributed by atoms with Crippen LogP contribution in [0.4, 0.5) is 0 Å². The third-order valence-electron chi connectivity index (χ3n) is 29.9. The zero-order valence-electron chi connectivity index (χ0n) is 62.2. The van der Waals surface area contributed by atoms with Crippen molar-refractivity contribution in [1.82, 2.24) is 0 Å². The van der Waals surface area contributed by atoms with E-state index in [1.807, 2.05) is 0 Å². The van der Waals surface area contributed by atoms with Crippen LogP contribution in [0.15, 0.2) is 261 Å². The maximum absolute atomic E-state index is 2.85. The minimum Gasteiger partial charge on any atom is -0.0848 e. The van der Waals surface area contributed by atoms with Crippen LogP contribution in [0.5, 0.6) is 0 Å². The van der Waals surface area contributed by atoms with E-state index in [9.17, 15) is 0 Å². The molecular weight excluding hydrogens is 1250 g/mol. The van der Waals surface area contributed by atoms with Gasteiger partial charge in [-0.25, -0.2) is 0 Å². The molecule has 0 saturated heterocycles. The second-order valence-electron chi connectivity index (χ2n) is 35.8. The van der Waals surface area contributed by atoms with Gasteiger partial charge in [-0.15, -0.1) is 0 Å². The number of fused-ring (bicyclic) bond motifs is 13. The average Bonchev–Trinajstić information content (AvgIpc) is 1.64. The molecule has 4 saturated carbocycles. The molecule has 20 rings (SSSR count). The van der Waals surface area contributed by atoms with Crippen LogP contribution in [0, 0.1) is 47.3 Å². The van der Waals surface area contributed by atoms with Gasteiger partial charge in [0.15, 0.2) is 0 Å². The molecule has 0 spiro atoms. The molecule has 0 aromatic heterocycles. The highest BCUT2D eigenvalue weighted by Gasteiger charge is 2.51. The lowest BCUT2D eigenvalue weighted by Gasteiger charge is -2.49. The molecule has 4 fully saturated rings. The van der Waals surface area contributed by atoms with E-state index >= 15 is 0 Å². The molecule has 0 heterocycles. The lowest BCUT2D eigenvalue weighted by atomic mass is 9.56. The third-order valence-corrected chi connectivity index (χ3v) is 29.9. The summed E-state index contributed by atoms with van der Waals surface area (Å²) in [6, 6.07) is 97.9. The van der Waals surface area contributed by atoms with Crippen LogP contribution in [-0.2, 0) is 16.2 Å². The van der Waals surface area contributed by atoms with Gasteiger partial charge in [0.2, 0.25) is 0 Å². The van der Waals surface area contributed by atoms with Gasteiger partial charge in [-0.2, -0.15) is 0 Å². The van der Waals surface area contributed by atoms with Gasteiger partial charge in [-0.1, -0.05) is 297 Å². The van der Waals surface area contributed by atoms with E-state index < -0.39 is 0 Å². The maximum atomic E-state index is 2.85. The minimum atomic E-state index is -0.0215. The molecule has 0 N–H and O–H groups in total. The quantitative estimate of drug-likeness (QED) is 0.113. The van der Waals surface area contributed by atoms with Crippen LogP contribution in [-0.4, -0.2) is 0 Å². The predicted molar refractivity (Wildman–Crippen MR) is 436 cm³/mol. The summed E-state index contributed by atoms with van der Waals surface area (Å²) in [6.45, 7) is 14.5. The Morgan fingerprint density at radius 3 is 1.33 bits per heavy atom. The van der Waals surface area contributed by atoms with Gasteiger partial charge in [0.1, 0.15) is 0 Å². The fraction of sp³-hybridized carbons (Fsp3) is 0.346. The molecule has 9 aliphatic carbocycles. The molecule has 0 bridgehead atoms. The van der Waals surface area contributed by atoms with Crippen molar-refractivity contribution in [2.45, 2.75) is 177 Å². The fourth-order valence-corrected chi connectivity index (χ4v) is 24.6. The summed E-state index contributed by atoms with van der Waals surface area (Å²) in [4.78, 5) is 0. The zero-order chi connectivity index (χ0) is 69.7. The van der Waals surface area contributed by atoms with Crippen LogP contribution in [0.1, 0.15) is 222 Å². The molecule has 11 unspecified atom stereocenters. The second kappa shape index (κ2) is 25.2. The summed E-state index contributed by atoms with van der Waals surface area (Å²) in [5, 5.41) is 0. The number of hydrogen-bond donors (Lipinski definition) is 0. The summed E-state index contributed by atoms with van der Waals surface area (Å²) in [5.74, 6) is 8.85. The average molecular weight is 1350 g/mol. The Kier molecular flexibility index (Phi) is 15.7. The van der Waals surface area contributed by atoms with Crippen molar-refractivity contribution < 1.29 is 0 Å². The smallest absolute Gasteiger partial charge is 0.0159 e. The van der Waals surface area contributed by atoms with Gasteiger partial charge in [0, 0.05) is 16.2 Å². The van der Waals surface area contributed by atoms with Crippen LogP contribution in [0.3, 0.4) is 0 Å². The van der Waals surface area contributed by atoms with Crippen molar-refractivity contribution in [3.05, 3.63) is 322 Å². The normalized spacial score (nSPS) is 26.9. The molecule has 0 amide bonds. The van der Waals surface area contributed by atoms with E-state index in [1.54, 1.807) is 22.3 Å². The molecule has 11 aromatic carbocycles. The lowest BCUT2D eigenvalue weighted by Crippen LogP contribution is -2.40. The van der Waals surface area contributed by atoms with Crippen LogP contribution in [0.2, 0.25) is 0 Å². The largest absolute Gasteiger partial charge is 0.0848 e. The van der Waals surface area contributed by atoms with Crippen LogP contribution >= 0.6 is 0 Å². The van der Waals surface area contributed by atoms with Gasteiger partial charge in [-0.3, -0.25) is 0 Å². The summed E-state index contributed by atoms with van der Waals surface area (Å²) in [7, 11) is 0. The Balaban J connectivity index is 0.569. The number of hydrogen-bond acceptors (Lipinski definition) is 0. The van der Waals surface area contributed by atoms with Gasteiger partial charge < -0.3 is 0 Å². The minimum absolute atomic E-state index is 0.0119. The Bertz CT molecular complexity index is 5140. The van der Waals surface area contributed by atoms with E-state index in [4.69, 9.17) is 0 Å². The van der Waals surface area contributed by atoms with Gasteiger partial charge in [0.05, 0.1) is 0 Å². The van der Waals surface area contributed by atoms with Gasteiger partial charge >= 0.3 is 0 Å². The monoisotopic (exact) mass is 1350 g/mol. The van der Waals surface area contributed by atoms with Crippen molar-refractivity contribution in [3.8, 4) is 77.9 Å². The van der Waals surface area contributed by atoms with Crippen LogP contribution in [0.25, 0.3) is 77.9 Å². The molecule has 11 aromatic rings. The second-order valence-corrected chi connectivity index (χ2v) is 35.8. The van der Waals surface area contributed by atoms with Crippen molar-refractivity contribution in [2.75, 3.05) is 0 Å². The fourth-order valence-electron chi connectivity index (χ4n) is 24.6. The Hall–Kier alpha value is -8.84. The summed E-state index contributed by atoms with van der Waals surface area (Å²) < 4.78 is 0. The number of benzene rings is 11. The summed E-state index contributed by atoms with van der Waals surface area (Å²) >= 11 is 0. The molecule has 0 aliphatic heterocycles. The standard InChI is InChI=1S/C104H102/c1-102(2)94-24-13-10-19-83(94)86-52-47-77(61-97(86)102)68-31-27-66(28-32-68)75-50-55-90-92(59-75)93-60-76(67-29-33-69(34-30-67)78-48-53-87-84-20-11-14-25-95(84)103(3,4)98(87)62-78)51-56-91(93)101(90)74-45-39-71(40-46-74)80-57-58-89(82-23-16-22-81(80)82)100(72-41-35-65(36-42-72)64-17-8-7-9-18-64)73-43-37-70(38-44-73)79-49-54-88-85-21-12-15-26-96(85)104(5,6)99(88)63-79/h7-15,17-21,24-36,39,41-42,45,47-50,52-55,59,61-63,70-71,73-74,76,80-82,89,91,93,100-101H,16,22-23,37-38,40,43-44,46,51,56-58,60H2,1-6H3. The van der Waals surface area contributed by atoms with Gasteiger partial charge in [0.25, 0.3) is 0 Å². The predicted octanol–water partition coefficient (Wildman–Crippen LogP) is 27.8. The first-order valence-corrected chi connectivity index (χ1v) is 40.7. The zero-order valence-corrected chi connectivity index (χ0v) is 62.2. The highest BCUT2D eigenvalue weighted by molar-refractivity contribution is 5.86. The first kappa shape index (κ1) is 64.7. The van der Waals surface area contributed by atoms with Crippen molar-refractivity contribution in [2.24, 2.45) is 47.3 Å². The van der Waals surface area contributed by atoms with Crippen molar-refractivity contribution in [1.29, 1.82) is 0 Å². The van der Waals surface area contributed by atoms with E-state index in [1.165, 1.54) is 207 Å². The highest BCUT2D eigenvalue weighted by Crippen LogP contribution is 2.64. The maximum Gasteiger partial charge on any atom is 0.0159 e. The number of allylic oxidation sites excluding steroid dienone is 2. The Morgan fingerprint density at radius 1 is 0.288 bits per heavy atom. The van der Waals surface area contributed by atoms with Crippen molar-refractivity contribution in [3.63, 3.8) is 0 Å². The molecule has 104 heavy (non-hydrogen) atoms. The SMILES string of the molecule is CC1(C)c2ccccc2-c2ccc(-c3ccc(-c4ccc5c(c4)C4CC(c6ccc(-c7ccc8c(c7)C(C)(C)c7ccccc7-8)cc6)CCC4C5C4C=CC(C5CCC(C(c6ccc(-c7ccccc7)cc6)C6CCC(c7ccc8c(c7)C(C)(C)c7ccccc7-8)CC6)C6CCCC56)CC4)cc3)cc21. The molecule has 0 radical (unpaired) electrons. The molecule has 0 heteroatoms. The number of rotatable bonds is 11. The topological polar surface area (TPSA) is 0 Å². The van der Waals surface area contributed by atoms with E-state index in [-0.39, 0.29) is 16.2 Å². The first-order valence-electron chi connectivity index (χ1n) is 40.7. The van der Waals surface area contributed by atoms with Gasteiger partial charge in [-0.05, 0) is 312 Å². The van der Waals surface area contributed by atoms with Crippen LogP contribution < -0.4 is 0 Å². The molecule has 11 atom stereocenters. The highest BCUT2D eigenvalue weighted by atomic mass is 14.6. The third kappa shape index (κ3) is 10.5.